The van der Waals surface area contributed by atoms with Gasteiger partial charge in [0.15, 0.2) is 5.78 Å². The lowest BCUT2D eigenvalue weighted by atomic mass is 10.2. The zero-order chi connectivity index (χ0) is 9.84. The summed E-state index contributed by atoms with van der Waals surface area (Å²) in [7, 11) is 0. The summed E-state index contributed by atoms with van der Waals surface area (Å²) in [5.74, 6) is 0.475. The molecule has 0 spiro atoms. The smallest absolute Gasteiger partial charge is 0.180 e. The Hall–Kier alpha value is -0.830. The highest BCUT2D eigenvalue weighted by atomic mass is 35.5. The van der Waals surface area contributed by atoms with E-state index in [4.69, 9.17) is 11.6 Å². The molecule has 0 aromatic carbocycles. The van der Waals surface area contributed by atoms with Crippen LogP contribution in [-0.2, 0) is 6.54 Å². The van der Waals surface area contributed by atoms with Crippen LogP contribution in [0.4, 0.5) is 0 Å². The molecule has 0 N–H and O–H groups in total. The van der Waals surface area contributed by atoms with Crippen molar-refractivity contribution in [2.75, 3.05) is 5.88 Å². The Labute approximate surface area is 82.7 Å². The van der Waals surface area contributed by atoms with Crippen molar-refractivity contribution in [1.29, 1.82) is 0 Å². The van der Waals surface area contributed by atoms with Crippen molar-refractivity contribution in [3.8, 4) is 0 Å². The summed E-state index contributed by atoms with van der Waals surface area (Å²) in [5.41, 5.74) is 0.593. The van der Waals surface area contributed by atoms with Crippen LogP contribution in [0.5, 0.6) is 0 Å². The molecule has 0 unspecified atom stereocenters. The number of rotatable bonds is 4. The molecule has 1 aromatic rings. The van der Waals surface area contributed by atoms with E-state index >= 15 is 0 Å². The first-order valence-electron chi connectivity index (χ1n) is 4.25. The van der Waals surface area contributed by atoms with Crippen molar-refractivity contribution in [2.24, 2.45) is 5.92 Å². The van der Waals surface area contributed by atoms with Crippen LogP contribution >= 0.6 is 11.6 Å². The number of Topliss-reactive ketones (excluding diaryl/α,β-unsaturated/α-hetero) is 1. The van der Waals surface area contributed by atoms with E-state index < -0.39 is 0 Å². The zero-order valence-electron chi connectivity index (χ0n) is 7.83. The van der Waals surface area contributed by atoms with Gasteiger partial charge in [0.1, 0.15) is 0 Å². The standard InChI is InChI=1S/C9H13ClN2O/c1-7(2)5-12-6-8(4-11-12)9(13)3-10/h4,6-7H,3,5H2,1-2H3. The average Bonchev–Trinajstić information content (AvgIpc) is 2.50. The van der Waals surface area contributed by atoms with E-state index in [0.29, 0.717) is 11.5 Å². The van der Waals surface area contributed by atoms with Crippen molar-refractivity contribution >= 4 is 17.4 Å². The van der Waals surface area contributed by atoms with Crippen LogP contribution in [-0.4, -0.2) is 21.4 Å². The second-order valence-electron chi connectivity index (χ2n) is 3.40. The predicted molar refractivity (Wildman–Crippen MR) is 52.1 cm³/mol. The number of carbonyl (C=O) groups is 1. The molecular weight excluding hydrogens is 188 g/mol. The molecule has 0 amide bonds. The summed E-state index contributed by atoms with van der Waals surface area (Å²) in [6.45, 7) is 5.03. The number of aromatic nitrogens is 2. The zero-order valence-corrected chi connectivity index (χ0v) is 8.58. The molecule has 0 saturated heterocycles. The number of alkyl halides is 1. The van der Waals surface area contributed by atoms with E-state index in [0.717, 1.165) is 6.54 Å². The molecular formula is C9H13ClN2O. The van der Waals surface area contributed by atoms with Crippen LogP contribution in [0.15, 0.2) is 12.4 Å². The third kappa shape index (κ3) is 2.84. The third-order valence-corrected chi connectivity index (χ3v) is 1.87. The second-order valence-corrected chi connectivity index (χ2v) is 3.67. The van der Waals surface area contributed by atoms with Gasteiger partial charge in [-0.3, -0.25) is 9.48 Å². The van der Waals surface area contributed by atoms with Crippen LogP contribution in [0.25, 0.3) is 0 Å². The highest BCUT2D eigenvalue weighted by Crippen LogP contribution is 2.03. The van der Waals surface area contributed by atoms with Crippen molar-refractivity contribution in [1.82, 2.24) is 9.78 Å². The molecule has 1 aromatic heterocycles. The number of halogens is 1. The monoisotopic (exact) mass is 200 g/mol. The first-order chi connectivity index (χ1) is 6.13. The number of carbonyl (C=O) groups excluding carboxylic acids is 1. The lowest BCUT2D eigenvalue weighted by molar-refractivity contribution is 0.102. The number of hydrogen-bond acceptors (Lipinski definition) is 2. The third-order valence-electron chi connectivity index (χ3n) is 1.63. The fourth-order valence-electron chi connectivity index (χ4n) is 1.06. The number of ketones is 1. The van der Waals surface area contributed by atoms with Gasteiger partial charge in [-0.05, 0) is 5.92 Å². The van der Waals surface area contributed by atoms with Gasteiger partial charge in [-0.15, -0.1) is 11.6 Å². The molecule has 0 radical (unpaired) electrons. The Kier molecular flexibility index (Phi) is 3.48. The minimum atomic E-state index is -0.0725. The maximum Gasteiger partial charge on any atom is 0.180 e. The number of nitrogens with zero attached hydrogens (tertiary/aromatic N) is 2. The van der Waals surface area contributed by atoms with Gasteiger partial charge >= 0.3 is 0 Å². The van der Waals surface area contributed by atoms with Gasteiger partial charge in [-0.2, -0.15) is 5.10 Å². The van der Waals surface area contributed by atoms with Crippen LogP contribution in [0.2, 0.25) is 0 Å². The Morgan fingerprint density at radius 1 is 1.69 bits per heavy atom. The highest BCUT2D eigenvalue weighted by Gasteiger charge is 2.07. The highest BCUT2D eigenvalue weighted by molar-refractivity contribution is 6.30. The quantitative estimate of drug-likeness (QED) is 0.550. The summed E-state index contributed by atoms with van der Waals surface area (Å²) >= 11 is 5.41. The van der Waals surface area contributed by atoms with Crippen molar-refractivity contribution in [2.45, 2.75) is 20.4 Å². The van der Waals surface area contributed by atoms with Crippen molar-refractivity contribution in [3.63, 3.8) is 0 Å². The molecule has 0 saturated carbocycles. The van der Waals surface area contributed by atoms with Crippen LogP contribution in [0, 0.1) is 5.92 Å². The van der Waals surface area contributed by atoms with Gasteiger partial charge in [-0.25, -0.2) is 0 Å². The predicted octanol–water partition coefficient (Wildman–Crippen LogP) is 1.96. The van der Waals surface area contributed by atoms with Gasteiger partial charge in [-0.1, -0.05) is 13.8 Å². The fraction of sp³-hybridized carbons (Fsp3) is 0.556. The molecule has 72 valence electrons. The summed E-state index contributed by atoms with van der Waals surface area (Å²) < 4.78 is 1.77. The van der Waals surface area contributed by atoms with Crippen LogP contribution < -0.4 is 0 Å². The Morgan fingerprint density at radius 2 is 2.38 bits per heavy atom. The van der Waals surface area contributed by atoms with E-state index in [1.54, 1.807) is 17.1 Å². The maximum absolute atomic E-state index is 11.1. The average molecular weight is 201 g/mol. The van der Waals surface area contributed by atoms with Crippen molar-refractivity contribution in [3.05, 3.63) is 18.0 Å². The minimum Gasteiger partial charge on any atom is -0.293 e. The molecule has 0 aliphatic rings. The van der Waals surface area contributed by atoms with Gasteiger partial charge in [0.25, 0.3) is 0 Å². The van der Waals surface area contributed by atoms with Gasteiger partial charge in [0.05, 0.1) is 17.6 Å². The molecule has 3 nitrogen and oxygen atoms in total. The Morgan fingerprint density at radius 3 is 2.92 bits per heavy atom. The molecule has 1 heterocycles. The largest absolute Gasteiger partial charge is 0.293 e. The molecule has 0 fully saturated rings. The molecule has 4 heteroatoms. The van der Waals surface area contributed by atoms with Gasteiger partial charge in [0, 0.05) is 12.7 Å². The Bertz CT molecular complexity index is 294. The van der Waals surface area contributed by atoms with E-state index in [9.17, 15) is 4.79 Å². The summed E-state index contributed by atoms with van der Waals surface area (Å²) in [6.07, 6.45) is 3.30. The first kappa shape index (κ1) is 10.3. The van der Waals surface area contributed by atoms with Gasteiger partial charge in [0.2, 0.25) is 0 Å². The molecule has 0 bridgehead atoms. The van der Waals surface area contributed by atoms with Crippen LogP contribution in [0.1, 0.15) is 24.2 Å². The Balaban J connectivity index is 2.69. The molecule has 0 aliphatic heterocycles. The van der Waals surface area contributed by atoms with E-state index in [-0.39, 0.29) is 11.7 Å². The second kappa shape index (κ2) is 4.42. The number of hydrogen-bond donors (Lipinski definition) is 0. The summed E-state index contributed by atoms with van der Waals surface area (Å²) in [6, 6.07) is 0. The molecule has 13 heavy (non-hydrogen) atoms. The SMILES string of the molecule is CC(C)Cn1cc(C(=O)CCl)cn1. The lowest BCUT2D eigenvalue weighted by Crippen LogP contribution is -2.04. The van der Waals surface area contributed by atoms with E-state index in [2.05, 4.69) is 18.9 Å². The molecule has 0 aliphatic carbocycles. The van der Waals surface area contributed by atoms with Gasteiger partial charge < -0.3 is 0 Å². The molecule has 1 rings (SSSR count). The van der Waals surface area contributed by atoms with E-state index in [1.165, 1.54) is 0 Å². The normalized spacial score (nSPS) is 10.8. The molecule has 0 atom stereocenters. The van der Waals surface area contributed by atoms with Crippen LogP contribution in [0.3, 0.4) is 0 Å². The van der Waals surface area contributed by atoms with E-state index in [1.807, 2.05) is 0 Å². The summed E-state index contributed by atoms with van der Waals surface area (Å²) in [4.78, 5) is 11.1. The summed E-state index contributed by atoms with van der Waals surface area (Å²) in [5, 5.41) is 4.06. The fourth-order valence-corrected chi connectivity index (χ4v) is 1.21. The lowest BCUT2D eigenvalue weighted by Gasteiger charge is -2.02. The maximum atomic E-state index is 11.1. The van der Waals surface area contributed by atoms with Crippen molar-refractivity contribution < 1.29 is 4.79 Å². The first-order valence-corrected chi connectivity index (χ1v) is 4.78. The topological polar surface area (TPSA) is 34.9 Å². The minimum absolute atomic E-state index is 0.0212.